The van der Waals surface area contributed by atoms with Gasteiger partial charge in [-0.05, 0) is 63.1 Å². The number of rotatable bonds is 23. The van der Waals surface area contributed by atoms with Crippen molar-refractivity contribution < 1.29 is 68.3 Å². The van der Waals surface area contributed by atoms with Gasteiger partial charge in [0, 0.05) is 30.5 Å². The summed E-state index contributed by atoms with van der Waals surface area (Å²) in [5, 5.41) is 62.6. The highest BCUT2D eigenvalue weighted by Gasteiger charge is 2.26. The van der Waals surface area contributed by atoms with Crippen molar-refractivity contribution in [2.75, 3.05) is 13.2 Å². The SMILES string of the molecule is O=C(O)CCC(NC(=O)NC(CCCCNC(=O)c1cc(C(=O)NC(CCC(=O)O)C(=O)O)cc(-n2cc(CCCF)nn2)c1)C(=O)O)C(=O)O. The largest absolute Gasteiger partial charge is 0.481 e. The standard InChI is InChI=1S/C30H38FN7O13/c31-10-3-4-18-15-38(37-36-18)19-13-16(12-17(14-19)26(44)33-21(28(47)48)6-8-23(39)40)25(43)32-11-2-1-5-20(27(45)46)34-30(51)35-22(29(49)50)7-9-24(41)42/h12-15,20-22H,1-11H2,(H,32,43)(H,33,44)(H,39,40)(H,41,42)(H,45,46)(H,47,48)(H,49,50)(H2,34,35,51). The molecule has 0 fully saturated rings. The lowest BCUT2D eigenvalue weighted by atomic mass is 10.1. The van der Waals surface area contributed by atoms with Gasteiger partial charge in [-0.2, -0.15) is 0 Å². The molecule has 1 aromatic heterocycles. The molecule has 51 heavy (non-hydrogen) atoms. The van der Waals surface area contributed by atoms with Gasteiger partial charge in [-0.3, -0.25) is 23.6 Å². The number of hydrogen-bond donors (Lipinski definition) is 9. The molecule has 1 aromatic carbocycles. The van der Waals surface area contributed by atoms with Gasteiger partial charge in [0.2, 0.25) is 0 Å². The van der Waals surface area contributed by atoms with Crippen LogP contribution in [0.15, 0.2) is 24.4 Å². The molecule has 0 saturated heterocycles. The minimum Gasteiger partial charge on any atom is -0.481 e. The highest BCUT2D eigenvalue weighted by Crippen LogP contribution is 2.16. The van der Waals surface area contributed by atoms with Crippen molar-refractivity contribution in [3.05, 3.63) is 41.2 Å². The molecule has 1 heterocycles. The summed E-state index contributed by atoms with van der Waals surface area (Å²) >= 11 is 0. The first kappa shape index (κ1) is 41.0. The van der Waals surface area contributed by atoms with E-state index in [1.165, 1.54) is 23.0 Å². The topological polar surface area (TPSA) is 317 Å². The molecule has 0 aliphatic rings. The summed E-state index contributed by atoms with van der Waals surface area (Å²) in [5.74, 6) is -8.60. The second-order valence-electron chi connectivity index (χ2n) is 11.1. The van der Waals surface area contributed by atoms with Gasteiger partial charge in [0.1, 0.15) is 18.1 Å². The second kappa shape index (κ2) is 20.4. The Balaban J connectivity index is 2.12. The van der Waals surface area contributed by atoms with Crippen molar-refractivity contribution >= 4 is 47.7 Å². The maximum atomic E-state index is 13.1. The normalized spacial score (nSPS) is 12.5. The molecule has 21 heteroatoms. The summed E-state index contributed by atoms with van der Waals surface area (Å²) in [4.78, 5) is 94.6. The number of carbonyl (C=O) groups excluding carboxylic acids is 3. The zero-order valence-corrected chi connectivity index (χ0v) is 27.0. The minimum absolute atomic E-state index is 0.00756. The lowest BCUT2D eigenvalue weighted by molar-refractivity contribution is -0.142. The van der Waals surface area contributed by atoms with Gasteiger partial charge >= 0.3 is 35.9 Å². The summed E-state index contributed by atoms with van der Waals surface area (Å²) in [6.45, 7) is -0.599. The predicted octanol–water partition coefficient (Wildman–Crippen LogP) is 0.188. The Hall–Kier alpha value is -6.15. The highest BCUT2D eigenvalue weighted by atomic mass is 19.1. The Kier molecular flexibility index (Phi) is 16.4. The van der Waals surface area contributed by atoms with E-state index in [0.717, 1.165) is 6.07 Å². The zero-order chi connectivity index (χ0) is 38.1. The van der Waals surface area contributed by atoms with Crippen molar-refractivity contribution in [3.63, 3.8) is 0 Å². The minimum atomic E-state index is -1.57. The molecule has 2 aromatic rings. The predicted molar refractivity (Wildman–Crippen MR) is 169 cm³/mol. The number of aromatic nitrogens is 3. The lowest BCUT2D eigenvalue weighted by Gasteiger charge is -2.18. The molecule has 20 nitrogen and oxygen atoms in total. The summed E-state index contributed by atoms with van der Waals surface area (Å²) in [5.41, 5.74) is 0.320. The summed E-state index contributed by atoms with van der Waals surface area (Å²) < 4.78 is 13.9. The smallest absolute Gasteiger partial charge is 0.326 e. The maximum Gasteiger partial charge on any atom is 0.326 e. The van der Waals surface area contributed by atoms with Crippen LogP contribution in [0, 0.1) is 0 Å². The van der Waals surface area contributed by atoms with Crippen LogP contribution < -0.4 is 21.3 Å². The van der Waals surface area contributed by atoms with E-state index in [9.17, 15) is 58.1 Å². The lowest BCUT2D eigenvalue weighted by Crippen LogP contribution is -2.51. The maximum absolute atomic E-state index is 13.1. The van der Waals surface area contributed by atoms with Gasteiger partial charge in [-0.15, -0.1) is 5.10 Å². The number of urea groups is 1. The van der Waals surface area contributed by atoms with Gasteiger partial charge in [-0.1, -0.05) is 5.21 Å². The van der Waals surface area contributed by atoms with Gasteiger partial charge in [-0.25, -0.2) is 23.9 Å². The number of hydrogen-bond acceptors (Lipinski definition) is 10. The fourth-order valence-corrected chi connectivity index (χ4v) is 4.48. The van der Waals surface area contributed by atoms with Crippen LogP contribution in [0.5, 0.6) is 0 Å². The number of aryl methyl sites for hydroxylation is 1. The second-order valence-corrected chi connectivity index (χ2v) is 11.1. The zero-order valence-electron chi connectivity index (χ0n) is 27.0. The van der Waals surface area contributed by atoms with Crippen LogP contribution in [0.3, 0.4) is 0 Å². The van der Waals surface area contributed by atoms with Crippen LogP contribution in [0.4, 0.5) is 9.18 Å². The number of alkyl halides is 1. The van der Waals surface area contributed by atoms with Crippen molar-refractivity contribution in [2.45, 2.75) is 75.9 Å². The van der Waals surface area contributed by atoms with Gasteiger partial charge in [0.15, 0.2) is 0 Å². The molecular weight excluding hydrogens is 685 g/mol. The molecule has 0 aliphatic carbocycles. The van der Waals surface area contributed by atoms with Crippen molar-refractivity contribution in [1.29, 1.82) is 0 Å². The van der Waals surface area contributed by atoms with Gasteiger partial charge in [0.05, 0.1) is 24.3 Å². The molecule has 4 amide bonds. The molecule has 0 aliphatic heterocycles. The summed E-state index contributed by atoms with van der Waals surface area (Å²) in [6, 6.07) is -1.91. The molecule has 0 spiro atoms. The molecule has 2 rings (SSSR count). The van der Waals surface area contributed by atoms with Gasteiger partial charge < -0.3 is 46.8 Å². The van der Waals surface area contributed by atoms with Gasteiger partial charge in [0.25, 0.3) is 11.8 Å². The molecule has 3 atom stereocenters. The monoisotopic (exact) mass is 723 g/mol. The first-order chi connectivity index (χ1) is 24.1. The summed E-state index contributed by atoms with van der Waals surface area (Å²) in [7, 11) is 0. The quantitative estimate of drug-likeness (QED) is 0.0691. The number of unbranched alkanes of at least 4 members (excludes halogenated alkanes) is 1. The highest BCUT2D eigenvalue weighted by molar-refractivity contribution is 6.01. The number of nitrogens with zero attached hydrogens (tertiary/aromatic N) is 3. The Labute approximate surface area is 288 Å². The van der Waals surface area contributed by atoms with Crippen molar-refractivity contribution in [1.82, 2.24) is 36.3 Å². The van der Waals surface area contributed by atoms with Crippen LogP contribution in [0.25, 0.3) is 5.69 Å². The molecule has 9 N–H and O–H groups in total. The van der Waals surface area contributed by atoms with Crippen LogP contribution >= 0.6 is 0 Å². The molecule has 0 bridgehead atoms. The number of nitrogens with one attached hydrogen (secondary N) is 4. The fraction of sp³-hybridized carbons (Fsp3) is 0.467. The number of carbonyl (C=O) groups is 8. The van der Waals surface area contributed by atoms with E-state index in [-0.39, 0.29) is 55.5 Å². The number of aliphatic carboxylic acids is 5. The Morgan fingerprint density at radius 2 is 1.22 bits per heavy atom. The molecule has 0 saturated carbocycles. The van der Waals surface area contributed by atoms with E-state index in [4.69, 9.17) is 10.2 Å². The first-order valence-corrected chi connectivity index (χ1v) is 15.5. The number of amides is 4. The van der Waals surface area contributed by atoms with E-state index >= 15 is 0 Å². The number of halogens is 1. The number of carboxylic acids is 5. The molecule has 278 valence electrons. The Morgan fingerprint density at radius 1 is 0.686 bits per heavy atom. The van der Waals surface area contributed by atoms with E-state index in [1.54, 1.807) is 0 Å². The van der Waals surface area contributed by atoms with E-state index in [2.05, 4.69) is 26.3 Å². The van der Waals surface area contributed by atoms with E-state index in [0.29, 0.717) is 5.69 Å². The molecular formula is C30H38FN7O13. The average molecular weight is 724 g/mol. The Morgan fingerprint density at radius 3 is 1.75 bits per heavy atom. The van der Waals surface area contributed by atoms with Crippen LogP contribution in [0.2, 0.25) is 0 Å². The van der Waals surface area contributed by atoms with E-state index < -0.39 is 98.2 Å². The van der Waals surface area contributed by atoms with Crippen molar-refractivity contribution in [3.8, 4) is 5.69 Å². The van der Waals surface area contributed by atoms with E-state index in [1.807, 2.05) is 5.32 Å². The fourth-order valence-electron chi connectivity index (χ4n) is 4.48. The van der Waals surface area contributed by atoms with Crippen LogP contribution in [-0.2, 0) is 30.4 Å². The number of carboxylic acid groups (broad SMARTS) is 5. The number of benzene rings is 1. The third-order valence-electron chi connectivity index (χ3n) is 7.12. The van der Waals surface area contributed by atoms with Crippen molar-refractivity contribution in [2.24, 2.45) is 0 Å². The molecule has 0 radical (unpaired) electrons. The molecule has 3 unspecified atom stereocenters. The Bertz CT molecular complexity index is 1600. The van der Waals surface area contributed by atoms with Crippen LogP contribution in [-0.4, -0.2) is 120 Å². The summed E-state index contributed by atoms with van der Waals surface area (Å²) in [6.07, 6.45) is 0.178. The van der Waals surface area contributed by atoms with Crippen LogP contribution in [0.1, 0.15) is 77.8 Å². The first-order valence-electron chi connectivity index (χ1n) is 15.5. The third-order valence-corrected chi connectivity index (χ3v) is 7.12. The average Bonchev–Trinajstić information content (AvgIpc) is 3.55. The third kappa shape index (κ3) is 14.5.